The second kappa shape index (κ2) is 7.69. The molecule has 2 N–H and O–H groups in total. The van der Waals surface area contributed by atoms with Crippen LogP contribution in [0.2, 0.25) is 0 Å². The minimum absolute atomic E-state index is 0.133. The summed E-state index contributed by atoms with van der Waals surface area (Å²) in [7, 11) is 0. The number of hydrogen-bond acceptors (Lipinski definition) is 3. The Morgan fingerprint density at radius 2 is 1.95 bits per heavy atom. The van der Waals surface area contributed by atoms with Crippen LogP contribution in [-0.2, 0) is 9.53 Å². The Bertz CT molecular complexity index is 279. The van der Waals surface area contributed by atoms with Crippen molar-refractivity contribution in [2.75, 3.05) is 26.3 Å². The van der Waals surface area contributed by atoms with E-state index >= 15 is 0 Å². The van der Waals surface area contributed by atoms with Crippen molar-refractivity contribution in [2.24, 2.45) is 5.73 Å². The summed E-state index contributed by atoms with van der Waals surface area (Å²) in [5.41, 5.74) is 5.41. The quantitative estimate of drug-likeness (QED) is 0.773. The van der Waals surface area contributed by atoms with Gasteiger partial charge in [-0.25, -0.2) is 0 Å². The number of hydrogen-bond donors (Lipinski definition) is 1. The molecule has 112 valence electrons. The van der Waals surface area contributed by atoms with Crippen LogP contribution in [0.25, 0.3) is 0 Å². The van der Waals surface area contributed by atoms with Crippen LogP contribution in [0.5, 0.6) is 0 Å². The summed E-state index contributed by atoms with van der Waals surface area (Å²) >= 11 is 0. The standard InChI is InChI=1S/C12H21F3N2O2/c13-12(14,15)9-19-8-11(18)17(7-3-6-16)10-4-1-2-5-10/h10H,1-9,16H2. The number of amides is 1. The third kappa shape index (κ3) is 6.24. The molecule has 19 heavy (non-hydrogen) atoms. The van der Waals surface area contributed by atoms with Crippen LogP contribution in [0.15, 0.2) is 0 Å². The van der Waals surface area contributed by atoms with Crippen LogP contribution in [0.4, 0.5) is 13.2 Å². The third-order valence-corrected chi connectivity index (χ3v) is 3.18. The molecule has 1 aliphatic carbocycles. The van der Waals surface area contributed by atoms with Crippen molar-refractivity contribution in [1.82, 2.24) is 4.90 Å². The fraction of sp³-hybridized carbons (Fsp3) is 0.917. The van der Waals surface area contributed by atoms with E-state index in [2.05, 4.69) is 4.74 Å². The van der Waals surface area contributed by atoms with Crippen LogP contribution in [0, 0.1) is 0 Å². The number of carbonyl (C=O) groups is 1. The lowest BCUT2D eigenvalue weighted by atomic mass is 10.2. The van der Waals surface area contributed by atoms with Crippen molar-refractivity contribution in [3.8, 4) is 0 Å². The number of ether oxygens (including phenoxy) is 1. The number of nitrogens with zero attached hydrogens (tertiary/aromatic N) is 1. The van der Waals surface area contributed by atoms with Crippen molar-refractivity contribution in [3.63, 3.8) is 0 Å². The molecule has 1 saturated carbocycles. The summed E-state index contributed by atoms with van der Waals surface area (Å²) in [4.78, 5) is 13.5. The van der Waals surface area contributed by atoms with E-state index in [1.54, 1.807) is 4.90 Å². The number of rotatable bonds is 7. The Morgan fingerprint density at radius 1 is 1.32 bits per heavy atom. The fourth-order valence-electron chi connectivity index (χ4n) is 2.33. The highest BCUT2D eigenvalue weighted by Gasteiger charge is 2.30. The van der Waals surface area contributed by atoms with Crippen LogP contribution < -0.4 is 5.73 Å². The summed E-state index contributed by atoms with van der Waals surface area (Å²) in [5.74, 6) is -0.371. The van der Waals surface area contributed by atoms with E-state index in [4.69, 9.17) is 5.73 Å². The summed E-state index contributed by atoms with van der Waals surface area (Å²) in [6.07, 6.45) is 0.198. The molecule has 1 rings (SSSR count). The molecule has 0 saturated heterocycles. The van der Waals surface area contributed by atoms with Gasteiger partial charge in [0.2, 0.25) is 5.91 Å². The Kier molecular flexibility index (Phi) is 6.57. The molecule has 0 bridgehead atoms. The molecule has 1 amide bonds. The van der Waals surface area contributed by atoms with Gasteiger partial charge in [0, 0.05) is 12.6 Å². The normalized spacial score (nSPS) is 16.8. The molecule has 1 fully saturated rings. The van der Waals surface area contributed by atoms with E-state index in [1.807, 2.05) is 0 Å². The van der Waals surface area contributed by atoms with Crippen molar-refractivity contribution in [2.45, 2.75) is 44.3 Å². The van der Waals surface area contributed by atoms with Gasteiger partial charge in [-0.3, -0.25) is 4.79 Å². The minimum atomic E-state index is -4.39. The van der Waals surface area contributed by atoms with E-state index in [0.717, 1.165) is 25.7 Å². The first-order valence-corrected chi connectivity index (χ1v) is 6.58. The SMILES string of the molecule is NCCCN(C(=O)COCC(F)(F)F)C1CCCC1. The maximum atomic E-state index is 11.9. The maximum absolute atomic E-state index is 11.9. The van der Waals surface area contributed by atoms with Crippen molar-refractivity contribution >= 4 is 5.91 Å². The molecule has 0 spiro atoms. The number of carbonyl (C=O) groups excluding carboxylic acids is 1. The molecule has 0 radical (unpaired) electrons. The van der Waals surface area contributed by atoms with E-state index in [9.17, 15) is 18.0 Å². The Hall–Kier alpha value is -0.820. The summed E-state index contributed by atoms with van der Waals surface area (Å²) in [6.45, 7) is -0.940. The van der Waals surface area contributed by atoms with Crippen LogP contribution in [0.3, 0.4) is 0 Å². The Balaban J connectivity index is 2.41. The number of halogens is 3. The highest BCUT2D eigenvalue weighted by Crippen LogP contribution is 2.24. The zero-order valence-electron chi connectivity index (χ0n) is 10.9. The zero-order chi connectivity index (χ0) is 14.3. The number of nitrogens with two attached hydrogens (primary N) is 1. The lowest BCUT2D eigenvalue weighted by Gasteiger charge is -2.29. The van der Waals surface area contributed by atoms with Crippen molar-refractivity contribution in [1.29, 1.82) is 0 Å². The average molecular weight is 282 g/mol. The van der Waals surface area contributed by atoms with Crippen LogP contribution >= 0.6 is 0 Å². The molecule has 4 nitrogen and oxygen atoms in total. The van der Waals surface area contributed by atoms with Crippen molar-refractivity contribution < 1.29 is 22.7 Å². The van der Waals surface area contributed by atoms with E-state index in [0.29, 0.717) is 19.5 Å². The van der Waals surface area contributed by atoms with E-state index < -0.39 is 19.4 Å². The molecular formula is C12H21F3N2O2. The monoisotopic (exact) mass is 282 g/mol. The first-order chi connectivity index (χ1) is 8.94. The summed E-state index contributed by atoms with van der Waals surface area (Å²) in [6, 6.07) is 0.133. The number of alkyl halides is 3. The molecule has 0 aromatic rings. The van der Waals surface area contributed by atoms with Gasteiger partial charge in [-0.05, 0) is 25.8 Å². The largest absolute Gasteiger partial charge is 0.411 e. The predicted molar refractivity (Wildman–Crippen MR) is 64.5 cm³/mol. The summed E-state index contributed by atoms with van der Waals surface area (Å²) in [5, 5.41) is 0. The van der Waals surface area contributed by atoms with Gasteiger partial charge in [0.15, 0.2) is 0 Å². The zero-order valence-corrected chi connectivity index (χ0v) is 10.9. The van der Waals surface area contributed by atoms with Gasteiger partial charge in [-0.2, -0.15) is 13.2 Å². The van der Waals surface area contributed by atoms with Gasteiger partial charge >= 0.3 is 6.18 Å². The predicted octanol–water partition coefficient (Wildman–Crippen LogP) is 1.69. The molecule has 1 aliphatic rings. The third-order valence-electron chi connectivity index (χ3n) is 3.18. The lowest BCUT2D eigenvalue weighted by Crippen LogP contribution is -2.42. The molecule has 0 atom stereocenters. The highest BCUT2D eigenvalue weighted by atomic mass is 19.4. The molecule has 0 aromatic heterocycles. The second-order valence-electron chi connectivity index (χ2n) is 4.78. The van der Waals surface area contributed by atoms with E-state index in [1.165, 1.54) is 0 Å². The van der Waals surface area contributed by atoms with Gasteiger partial charge in [0.1, 0.15) is 13.2 Å². The Morgan fingerprint density at radius 3 is 2.47 bits per heavy atom. The van der Waals surface area contributed by atoms with Gasteiger partial charge in [-0.1, -0.05) is 12.8 Å². The molecule has 0 aromatic carbocycles. The molecule has 0 heterocycles. The topological polar surface area (TPSA) is 55.6 Å². The molecule has 7 heteroatoms. The fourth-order valence-corrected chi connectivity index (χ4v) is 2.33. The van der Waals surface area contributed by atoms with Crippen LogP contribution in [0.1, 0.15) is 32.1 Å². The smallest absolute Gasteiger partial charge is 0.362 e. The summed E-state index contributed by atoms with van der Waals surface area (Å²) < 4.78 is 40.3. The van der Waals surface area contributed by atoms with Crippen molar-refractivity contribution in [3.05, 3.63) is 0 Å². The van der Waals surface area contributed by atoms with Gasteiger partial charge < -0.3 is 15.4 Å². The highest BCUT2D eigenvalue weighted by molar-refractivity contribution is 5.77. The maximum Gasteiger partial charge on any atom is 0.411 e. The van der Waals surface area contributed by atoms with Gasteiger partial charge in [0.25, 0.3) is 0 Å². The molecule has 0 unspecified atom stereocenters. The lowest BCUT2D eigenvalue weighted by molar-refractivity contribution is -0.178. The van der Waals surface area contributed by atoms with Crippen LogP contribution in [-0.4, -0.2) is 49.3 Å². The first kappa shape index (κ1) is 16.2. The molecular weight excluding hydrogens is 261 g/mol. The molecule has 0 aliphatic heterocycles. The average Bonchev–Trinajstić information content (AvgIpc) is 2.81. The first-order valence-electron chi connectivity index (χ1n) is 6.58. The second-order valence-corrected chi connectivity index (χ2v) is 4.78. The minimum Gasteiger partial charge on any atom is -0.362 e. The van der Waals surface area contributed by atoms with Gasteiger partial charge in [0.05, 0.1) is 0 Å². The van der Waals surface area contributed by atoms with Gasteiger partial charge in [-0.15, -0.1) is 0 Å². The van der Waals surface area contributed by atoms with E-state index in [-0.39, 0.29) is 11.9 Å². The Labute approximate surface area is 111 Å².